The number of rotatable bonds is 5. The highest BCUT2D eigenvalue weighted by Crippen LogP contribution is 2.50. The van der Waals surface area contributed by atoms with Crippen LogP contribution in [0.15, 0.2) is 70.3 Å². The molecule has 5 heteroatoms. The number of hydrogen-bond donors (Lipinski definition) is 1. The van der Waals surface area contributed by atoms with Gasteiger partial charge in [-0.2, -0.15) is 11.3 Å². The van der Waals surface area contributed by atoms with Crippen LogP contribution in [-0.2, 0) is 5.54 Å². The fourth-order valence-electron chi connectivity index (χ4n) is 5.74. The van der Waals surface area contributed by atoms with Crippen molar-refractivity contribution in [3.63, 3.8) is 0 Å². The SMILES string of the molecule is Clc1ccccc1SC1CCC(c2ccc(N3CC4(CCC4)C3)cc2)(c2ccsc2)NC1. The van der Waals surface area contributed by atoms with E-state index in [1.807, 2.05) is 23.9 Å². The van der Waals surface area contributed by atoms with Crippen molar-refractivity contribution in [1.82, 2.24) is 5.32 Å². The Morgan fingerprint density at radius 3 is 2.41 bits per heavy atom. The van der Waals surface area contributed by atoms with Gasteiger partial charge in [-0.15, -0.1) is 11.8 Å². The molecule has 0 amide bonds. The average molecular weight is 481 g/mol. The molecule has 6 rings (SSSR count). The highest BCUT2D eigenvalue weighted by molar-refractivity contribution is 8.00. The van der Waals surface area contributed by atoms with E-state index in [1.165, 1.54) is 54.1 Å². The first-order chi connectivity index (χ1) is 15.7. The van der Waals surface area contributed by atoms with Gasteiger partial charge in [0.15, 0.2) is 0 Å². The number of piperidine rings is 1. The van der Waals surface area contributed by atoms with Gasteiger partial charge in [-0.25, -0.2) is 0 Å². The highest BCUT2D eigenvalue weighted by Gasteiger charge is 2.47. The van der Waals surface area contributed by atoms with E-state index in [0.29, 0.717) is 10.7 Å². The second-order valence-corrected chi connectivity index (χ2v) is 12.3. The lowest BCUT2D eigenvalue weighted by Crippen LogP contribution is -2.59. The van der Waals surface area contributed by atoms with Crippen molar-refractivity contribution < 1.29 is 0 Å². The third-order valence-corrected chi connectivity index (χ3v) is 10.3. The fourth-order valence-corrected chi connectivity index (χ4v) is 7.84. The summed E-state index contributed by atoms with van der Waals surface area (Å²) in [6.45, 7) is 3.48. The van der Waals surface area contributed by atoms with E-state index < -0.39 is 0 Å². The van der Waals surface area contributed by atoms with Crippen molar-refractivity contribution in [2.75, 3.05) is 24.5 Å². The molecule has 166 valence electrons. The minimum Gasteiger partial charge on any atom is -0.370 e. The maximum Gasteiger partial charge on any atom is 0.0699 e. The Bertz CT molecular complexity index is 1060. The first kappa shape index (κ1) is 21.1. The number of halogens is 1. The van der Waals surface area contributed by atoms with Gasteiger partial charge < -0.3 is 10.2 Å². The molecule has 1 aromatic heterocycles. The molecular formula is C27H29ClN2S2. The summed E-state index contributed by atoms with van der Waals surface area (Å²) in [6, 6.07) is 19.9. The predicted octanol–water partition coefficient (Wildman–Crippen LogP) is 7.18. The summed E-state index contributed by atoms with van der Waals surface area (Å²) in [4.78, 5) is 3.75. The van der Waals surface area contributed by atoms with E-state index in [2.05, 4.69) is 63.4 Å². The van der Waals surface area contributed by atoms with Crippen molar-refractivity contribution >= 4 is 40.4 Å². The van der Waals surface area contributed by atoms with Gasteiger partial charge >= 0.3 is 0 Å². The quantitative estimate of drug-likeness (QED) is 0.416. The van der Waals surface area contributed by atoms with Crippen molar-refractivity contribution in [2.45, 2.75) is 47.8 Å². The molecule has 3 aromatic rings. The van der Waals surface area contributed by atoms with Gasteiger partial charge in [0.1, 0.15) is 0 Å². The van der Waals surface area contributed by atoms with Crippen LogP contribution in [0.4, 0.5) is 5.69 Å². The molecule has 2 aromatic carbocycles. The first-order valence-corrected chi connectivity index (χ1v) is 13.9. The second-order valence-electron chi connectivity index (χ2n) is 9.76. The number of benzene rings is 2. The third kappa shape index (κ3) is 3.69. The van der Waals surface area contributed by atoms with E-state index in [1.54, 1.807) is 11.3 Å². The van der Waals surface area contributed by atoms with Crippen LogP contribution in [0.5, 0.6) is 0 Å². The molecule has 2 saturated heterocycles. The Morgan fingerprint density at radius 2 is 1.78 bits per heavy atom. The summed E-state index contributed by atoms with van der Waals surface area (Å²) in [5.74, 6) is 0. The van der Waals surface area contributed by atoms with Gasteiger partial charge in [0.05, 0.1) is 10.6 Å². The zero-order valence-electron chi connectivity index (χ0n) is 18.2. The van der Waals surface area contributed by atoms with Gasteiger partial charge in [-0.1, -0.05) is 42.3 Å². The zero-order valence-corrected chi connectivity index (χ0v) is 20.6. The number of hydrogen-bond acceptors (Lipinski definition) is 4. The minimum absolute atomic E-state index is 0.0970. The average Bonchev–Trinajstić information content (AvgIpc) is 3.30. The van der Waals surface area contributed by atoms with Gasteiger partial charge in [0.2, 0.25) is 0 Å². The molecule has 2 unspecified atom stereocenters. The molecule has 2 atom stereocenters. The fraction of sp³-hybridized carbons (Fsp3) is 0.407. The van der Waals surface area contributed by atoms with E-state index in [4.69, 9.17) is 11.6 Å². The van der Waals surface area contributed by atoms with Crippen LogP contribution in [0.2, 0.25) is 5.02 Å². The minimum atomic E-state index is -0.0970. The van der Waals surface area contributed by atoms with Crippen LogP contribution in [0.1, 0.15) is 43.2 Å². The summed E-state index contributed by atoms with van der Waals surface area (Å²) in [5.41, 5.74) is 4.74. The molecular weight excluding hydrogens is 452 g/mol. The summed E-state index contributed by atoms with van der Waals surface area (Å²) < 4.78 is 0. The van der Waals surface area contributed by atoms with Crippen LogP contribution in [-0.4, -0.2) is 24.9 Å². The smallest absolute Gasteiger partial charge is 0.0699 e. The molecule has 3 aliphatic rings. The summed E-state index contributed by atoms with van der Waals surface area (Å²) in [7, 11) is 0. The lowest BCUT2D eigenvalue weighted by Gasteiger charge is -2.57. The molecule has 0 bridgehead atoms. The maximum absolute atomic E-state index is 6.42. The highest BCUT2D eigenvalue weighted by atomic mass is 35.5. The number of anilines is 1. The number of thioether (sulfide) groups is 1. The number of nitrogens with zero attached hydrogens (tertiary/aromatic N) is 1. The molecule has 1 spiro atoms. The summed E-state index contributed by atoms with van der Waals surface area (Å²) in [6.07, 6.45) is 6.55. The van der Waals surface area contributed by atoms with Crippen LogP contribution < -0.4 is 10.2 Å². The third-order valence-electron chi connectivity index (χ3n) is 7.81. The topological polar surface area (TPSA) is 15.3 Å². The van der Waals surface area contributed by atoms with Crippen molar-refractivity contribution in [1.29, 1.82) is 0 Å². The number of nitrogens with one attached hydrogen (secondary N) is 1. The van der Waals surface area contributed by atoms with Crippen molar-refractivity contribution in [2.24, 2.45) is 5.41 Å². The molecule has 1 aliphatic carbocycles. The maximum atomic E-state index is 6.42. The molecule has 2 aliphatic heterocycles. The van der Waals surface area contributed by atoms with E-state index in [9.17, 15) is 0 Å². The largest absolute Gasteiger partial charge is 0.370 e. The second kappa shape index (κ2) is 8.39. The Kier molecular flexibility index (Phi) is 5.53. The Labute approximate surface area is 204 Å². The lowest BCUT2D eigenvalue weighted by atomic mass is 9.63. The van der Waals surface area contributed by atoms with Crippen molar-refractivity contribution in [3.8, 4) is 0 Å². The van der Waals surface area contributed by atoms with Gasteiger partial charge in [0, 0.05) is 40.9 Å². The summed E-state index contributed by atoms with van der Waals surface area (Å²) in [5, 5.41) is 9.89. The zero-order chi connectivity index (χ0) is 21.6. The van der Waals surface area contributed by atoms with E-state index in [0.717, 1.165) is 24.4 Å². The molecule has 32 heavy (non-hydrogen) atoms. The molecule has 3 heterocycles. The van der Waals surface area contributed by atoms with Crippen LogP contribution in [0.3, 0.4) is 0 Å². The van der Waals surface area contributed by atoms with Gasteiger partial charge in [-0.05, 0) is 77.9 Å². The lowest BCUT2D eigenvalue weighted by molar-refractivity contribution is 0.0904. The van der Waals surface area contributed by atoms with Crippen molar-refractivity contribution in [3.05, 3.63) is 81.5 Å². The van der Waals surface area contributed by atoms with Crippen LogP contribution in [0.25, 0.3) is 0 Å². The summed E-state index contributed by atoms with van der Waals surface area (Å²) >= 11 is 10.1. The Hall–Kier alpha value is -1.46. The molecule has 2 nitrogen and oxygen atoms in total. The monoisotopic (exact) mass is 480 g/mol. The van der Waals surface area contributed by atoms with Gasteiger partial charge in [-0.3, -0.25) is 0 Å². The van der Waals surface area contributed by atoms with Crippen LogP contribution >= 0.6 is 34.7 Å². The van der Waals surface area contributed by atoms with Gasteiger partial charge in [0.25, 0.3) is 0 Å². The molecule has 3 fully saturated rings. The Balaban J connectivity index is 1.20. The molecule has 0 radical (unpaired) electrons. The standard InChI is InChI=1S/C27H29ClN2S2/c28-24-4-1-2-5-25(24)32-23-10-14-27(29-16-23,21-11-15-31-17-21)20-6-8-22(9-7-20)30-18-26(19-30)12-3-13-26/h1-2,4-9,11,15,17,23,29H,3,10,12-14,16,18-19H2. The Morgan fingerprint density at radius 1 is 0.969 bits per heavy atom. The first-order valence-electron chi connectivity index (χ1n) is 11.7. The molecule has 1 N–H and O–H groups in total. The normalized spacial score (nSPS) is 26.5. The predicted molar refractivity (Wildman–Crippen MR) is 138 cm³/mol. The van der Waals surface area contributed by atoms with E-state index in [-0.39, 0.29) is 5.54 Å². The number of thiophene rings is 1. The van der Waals surface area contributed by atoms with E-state index >= 15 is 0 Å². The van der Waals surface area contributed by atoms with Crippen LogP contribution in [0, 0.1) is 5.41 Å². The molecule has 1 saturated carbocycles.